The number of carbonyl (C=O) groups excluding carboxylic acids is 2. The molecule has 1 aliphatic carbocycles. The van der Waals surface area contributed by atoms with Crippen LogP contribution in [0.15, 0.2) is 42.1 Å². The quantitative estimate of drug-likeness (QED) is 0.524. The molecule has 2 aromatic rings. The maximum atomic E-state index is 13.0. The second-order valence-electron chi connectivity index (χ2n) is 8.39. The first kappa shape index (κ1) is 22.3. The Labute approximate surface area is 192 Å². The molecular weight excluding hydrogens is 426 g/mol. The van der Waals surface area contributed by atoms with Crippen LogP contribution in [0.1, 0.15) is 50.4 Å². The summed E-state index contributed by atoms with van der Waals surface area (Å²) < 4.78 is 0. The number of anilines is 1. The average molecular weight is 454 g/mol. The highest BCUT2D eigenvalue weighted by Gasteiger charge is 2.28. The molecule has 0 spiro atoms. The highest BCUT2D eigenvalue weighted by molar-refractivity contribution is 6.32. The number of rotatable bonds is 3. The van der Waals surface area contributed by atoms with Gasteiger partial charge in [-0.15, -0.1) is 5.73 Å². The molecule has 32 heavy (non-hydrogen) atoms. The SMILES string of the molecule is NC[C@H]1CC[C@H](C(=O)N[C@H]2C=C=CCCC(=O)Nc3ccccc3-c3nc2[nH]c3Cl)CC1. The van der Waals surface area contributed by atoms with E-state index in [2.05, 4.69) is 26.3 Å². The van der Waals surface area contributed by atoms with Crippen molar-refractivity contribution >= 4 is 29.1 Å². The number of nitrogens with one attached hydrogen (secondary N) is 3. The number of para-hydroxylation sites is 1. The van der Waals surface area contributed by atoms with Crippen LogP contribution in [0.5, 0.6) is 0 Å². The number of amides is 2. The summed E-state index contributed by atoms with van der Waals surface area (Å²) in [6, 6.07) is 6.89. The van der Waals surface area contributed by atoms with E-state index in [1.807, 2.05) is 24.3 Å². The Morgan fingerprint density at radius 3 is 2.81 bits per heavy atom. The van der Waals surface area contributed by atoms with Crippen molar-refractivity contribution in [1.82, 2.24) is 15.3 Å². The van der Waals surface area contributed by atoms with E-state index in [4.69, 9.17) is 17.3 Å². The molecule has 5 N–H and O–H groups in total. The summed E-state index contributed by atoms with van der Waals surface area (Å²) in [4.78, 5) is 33.1. The van der Waals surface area contributed by atoms with Crippen LogP contribution in [-0.2, 0) is 9.59 Å². The molecular formula is C24H28ClN5O2. The molecule has 2 amide bonds. The molecule has 168 valence electrons. The van der Waals surface area contributed by atoms with E-state index in [1.54, 1.807) is 12.2 Å². The first-order valence-corrected chi connectivity index (χ1v) is 11.5. The van der Waals surface area contributed by atoms with E-state index in [-0.39, 0.29) is 17.7 Å². The van der Waals surface area contributed by atoms with Gasteiger partial charge in [0.2, 0.25) is 11.8 Å². The first-order valence-electron chi connectivity index (χ1n) is 11.1. The van der Waals surface area contributed by atoms with Gasteiger partial charge in [-0.1, -0.05) is 29.8 Å². The highest BCUT2D eigenvalue weighted by atomic mass is 35.5. The van der Waals surface area contributed by atoms with Crippen molar-refractivity contribution in [3.63, 3.8) is 0 Å². The molecule has 1 saturated carbocycles. The molecule has 1 aliphatic heterocycles. The van der Waals surface area contributed by atoms with E-state index in [1.165, 1.54) is 0 Å². The fourth-order valence-corrected chi connectivity index (χ4v) is 4.52. The van der Waals surface area contributed by atoms with Crippen molar-refractivity contribution in [3.05, 3.63) is 53.1 Å². The van der Waals surface area contributed by atoms with E-state index in [9.17, 15) is 9.59 Å². The Balaban J connectivity index is 1.63. The number of hydrogen-bond donors (Lipinski definition) is 4. The number of imidazole rings is 1. The third-order valence-corrected chi connectivity index (χ3v) is 6.45. The Hall–Kier alpha value is -2.86. The third kappa shape index (κ3) is 5.13. The first-order chi connectivity index (χ1) is 15.5. The topological polar surface area (TPSA) is 113 Å². The Morgan fingerprint density at radius 1 is 1.25 bits per heavy atom. The zero-order valence-corrected chi connectivity index (χ0v) is 18.6. The molecule has 2 heterocycles. The zero-order chi connectivity index (χ0) is 22.5. The molecule has 4 rings (SSSR count). The minimum atomic E-state index is -0.506. The van der Waals surface area contributed by atoms with Crippen molar-refractivity contribution in [2.75, 3.05) is 11.9 Å². The lowest BCUT2D eigenvalue weighted by Crippen LogP contribution is -2.36. The number of fused-ring (bicyclic) bond motifs is 4. The van der Waals surface area contributed by atoms with Crippen LogP contribution in [0.3, 0.4) is 0 Å². The lowest BCUT2D eigenvalue weighted by molar-refractivity contribution is -0.126. The van der Waals surface area contributed by atoms with Crippen molar-refractivity contribution in [2.24, 2.45) is 17.6 Å². The second kappa shape index (κ2) is 10.2. The molecule has 0 unspecified atom stereocenters. The zero-order valence-electron chi connectivity index (χ0n) is 17.9. The summed E-state index contributed by atoms with van der Waals surface area (Å²) in [5.74, 6) is 0.899. The van der Waals surface area contributed by atoms with Crippen LogP contribution in [0, 0.1) is 11.8 Å². The summed E-state index contributed by atoms with van der Waals surface area (Å²) >= 11 is 6.50. The van der Waals surface area contributed by atoms with Gasteiger partial charge in [-0.2, -0.15) is 0 Å². The van der Waals surface area contributed by atoms with Crippen LogP contribution >= 0.6 is 11.6 Å². The van der Waals surface area contributed by atoms with Gasteiger partial charge in [-0.25, -0.2) is 4.98 Å². The van der Waals surface area contributed by atoms with Crippen LogP contribution in [0.4, 0.5) is 5.69 Å². The number of benzene rings is 1. The van der Waals surface area contributed by atoms with E-state index >= 15 is 0 Å². The molecule has 8 heteroatoms. The number of nitrogens with zero attached hydrogens (tertiary/aromatic N) is 1. The predicted molar refractivity (Wildman–Crippen MR) is 125 cm³/mol. The second-order valence-corrected chi connectivity index (χ2v) is 8.77. The van der Waals surface area contributed by atoms with Crippen molar-refractivity contribution in [3.8, 4) is 11.3 Å². The standard InChI is InChI=1S/C24H28ClN5O2/c25-22-21-17-6-4-5-7-18(17)27-20(31)9-3-1-2-8-19(23(29-21)30-22)28-24(32)16-12-10-15(14-26)11-13-16/h1,4-8,15-16,19H,3,9-14,26H2,(H,27,31)(H,28,32)(H,29,30)/t2?,15-,16-,19-/m0/s1. The van der Waals surface area contributed by atoms with Crippen LogP contribution < -0.4 is 16.4 Å². The smallest absolute Gasteiger partial charge is 0.224 e. The number of hydrogen-bond acceptors (Lipinski definition) is 4. The van der Waals surface area contributed by atoms with Gasteiger partial charge in [-0.3, -0.25) is 9.59 Å². The predicted octanol–water partition coefficient (Wildman–Crippen LogP) is 4.10. The molecule has 2 bridgehead atoms. The van der Waals surface area contributed by atoms with E-state index in [0.717, 1.165) is 31.2 Å². The number of aromatic amines is 1. The van der Waals surface area contributed by atoms with Crippen molar-refractivity contribution in [1.29, 1.82) is 0 Å². The summed E-state index contributed by atoms with van der Waals surface area (Å²) in [6.45, 7) is 0.678. The normalized spacial score (nSPS) is 23.3. The largest absolute Gasteiger partial charge is 0.342 e. The van der Waals surface area contributed by atoms with E-state index < -0.39 is 6.04 Å². The van der Waals surface area contributed by atoms with Crippen LogP contribution in [0.25, 0.3) is 11.3 Å². The number of H-pyrrole nitrogens is 1. The van der Waals surface area contributed by atoms with Crippen molar-refractivity contribution < 1.29 is 9.59 Å². The van der Waals surface area contributed by atoms with Gasteiger partial charge in [0.15, 0.2) is 0 Å². The molecule has 1 aromatic carbocycles. The van der Waals surface area contributed by atoms with Gasteiger partial charge < -0.3 is 21.4 Å². The Morgan fingerprint density at radius 2 is 2.03 bits per heavy atom. The molecule has 0 radical (unpaired) electrons. The fourth-order valence-electron chi connectivity index (χ4n) is 4.28. The van der Waals surface area contributed by atoms with Gasteiger partial charge in [0.1, 0.15) is 22.7 Å². The molecule has 1 fully saturated rings. The summed E-state index contributed by atoms with van der Waals surface area (Å²) in [5, 5.41) is 6.38. The lowest BCUT2D eigenvalue weighted by atomic mass is 9.81. The van der Waals surface area contributed by atoms with Crippen LogP contribution in [-0.4, -0.2) is 28.3 Å². The lowest BCUT2D eigenvalue weighted by Gasteiger charge is -2.27. The van der Waals surface area contributed by atoms with Gasteiger partial charge in [0, 0.05) is 17.9 Å². The average Bonchev–Trinajstić information content (AvgIpc) is 3.19. The number of nitrogens with two attached hydrogens (primary N) is 1. The van der Waals surface area contributed by atoms with Gasteiger partial charge in [-0.05, 0) is 62.8 Å². The van der Waals surface area contributed by atoms with Gasteiger partial charge in [0.25, 0.3) is 0 Å². The number of carbonyl (C=O) groups is 2. The fraction of sp³-hybridized carbons (Fsp3) is 0.417. The molecule has 2 aliphatic rings. The molecule has 0 saturated heterocycles. The Bertz CT molecular complexity index is 1050. The highest BCUT2D eigenvalue weighted by Crippen LogP contribution is 2.34. The van der Waals surface area contributed by atoms with Crippen molar-refractivity contribution in [2.45, 2.75) is 44.6 Å². The van der Waals surface area contributed by atoms with E-state index in [0.29, 0.717) is 47.7 Å². The minimum absolute atomic E-state index is 0.000783. The summed E-state index contributed by atoms with van der Waals surface area (Å²) in [6.07, 6.45) is 8.04. The minimum Gasteiger partial charge on any atom is -0.342 e. The summed E-state index contributed by atoms with van der Waals surface area (Å²) in [5.41, 5.74) is 10.8. The monoisotopic (exact) mass is 453 g/mol. The summed E-state index contributed by atoms with van der Waals surface area (Å²) in [7, 11) is 0. The maximum absolute atomic E-state index is 13.0. The molecule has 1 aromatic heterocycles. The van der Waals surface area contributed by atoms with Crippen LogP contribution in [0.2, 0.25) is 5.15 Å². The molecule has 7 nitrogen and oxygen atoms in total. The maximum Gasteiger partial charge on any atom is 0.224 e. The van der Waals surface area contributed by atoms with Gasteiger partial charge >= 0.3 is 0 Å². The molecule has 1 atom stereocenters. The number of aromatic nitrogens is 2. The van der Waals surface area contributed by atoms with Gasteiger partial charge in [0.05, 0.1) is 5.69 Å². The number of halogens is 1. The third-order valence-electron chi connectivity index (χ3n) is 6.17. The Kier molecular flexibility index (Phi) is 7.10.